The van der Waals surface area contributed by atoms with Crippen molar-refractivity contribution >= 4 is 16.6 Å². The Hall–Kier alpha value is -1.99. The Morgan fingerprint density at radius 1 is 1.22 bits per heavy atom. The molecule has 0 spiro atoms. The quantitative estimate of drug-likeness (QED) is 0.847. The molecular weight excluding hydrogens is 284 g/mol. The molecule has 1 saturated carbocycles. The topological polar surface area (TPSA) is 54.9 Å². The molecule has 0 bridgehead atoms. The Bertz CT molecular complexity index is 767. The zero-order valence-corrected chi connectivity index (χ0v) is 13.9. The molecule has 1 aromatic heterocycles. The van der Waals surface area contributed by atoms with E-state index in [4.69, 9.17) is 5.26 Å². The van der Waals surface area contributed by atoms with Crippen molar-refractivity contribution in [3.05, 3.63) is 30.0 Å². The summed E-state index contributed by atoms with van der Waals surface area (Å²) < 4.78 is 0. The number of anilines is 1. The molecule has 4 rings (SSSR count). The minimum atomic E-state index is 0.128. The predicted molar refractivity (Wildman–Crippen MR) is 93.6 cm³/mol. The first-order valence-electron chi connectivity index (χ1n) is 8.63. The number of aromatic amines is 1. The molecule has 1 saturated heterocycles. The summed E-state index contributed by atoms with van der Waals surface area (Å²) in [6.45, 7) is 5.62. The Morgan fingerprint density at radius 3 is 2.87 bits per heavy atom. The number of rotatable bonds is 1. The summed E-state index contributed by atoms with van der Waals surface area (Å²) >= 11 is 0. The van der Waals surface area contributed by atoms with Crippen LogP contribution < -0.4 is 10.2 Å². The van der Waals surface area contributed by atoms with Crippen molar-refractivity contribution in [2.24, 2.45) is 0 Å². The summed E-state index contributed by atoms with van der Waals surface area (Å²) in [6, 6.07) is 11.9. The Morgan fingerprint density at radius 2 is 2.04 bits per heavy atom. The van der Waals surface area contributed by atoms with Crippen LogP contribution >= 0.6 is 0 Å². The molecule has 2 aliphatic rings. The van der Waals surface area contributed by atoms with E-state index in [0.717, 1.165) is 17.4 Å². The van der Waals surface area contributed by atoms with Crippen molar-refractivity contribution < 1.29 is 0 Å². The van der Waals surface area contributed by atoms with Crippen LogP contribution in [0, 0.1) is 11.3 Å². The van der Waals surface area contributed by atoms with Gasteiger partial charge < -0.3 is 15.2 Å². The smallest absolute Gasteiger partial charge is 0.118 e. The lowest BCUT2D eigenvalue weighted by atomic mass is 9.83. The average molecular weight is 308 g/mol. The van der Waals surface area contributed by atoms with E-state index in [1.165, 1.54) is 31.4 Å². The SMILES string of the molecule is CC1(C)CN(c2ccc3[nH]c(C#N)cc3c2)C2CCCCC2N1. The minimum absolute atomic E-state index is 0.128. The van der Waals surface area contributed by atoms with Crippen LogP contribution in [-0.2, 0) is 0 Å². The normalized spacial score (nSPS) is 26.7. The van der Waals surface area contributed by atoms with E-state index in [9.17, 15) is 0 Å². The lowest BCUT2D eigenvalue weighted by Crippen LogP contribution is -2.67. The van der Waals surface area contributed by atoms with Crippen LogP contribution in [-0.4, -0.2) is 29.2 Å². The maximum absolute atomic E-state index is 9.08. The van der Waals surface area contributed by atoms with Gasteiger partial charge in [0.05, 0.1) is 0 Å². The number of benzene rings is 1. The van der Waals surface area contributed by atoms with Gasteiger partial charge in [-0.05, 0) is 51.0 Å². The van der Waals surface area contributed by atoms with Crippen molar-refractivity contribution in [3.8, 4) is 6.07 Å². The van der Waals surface area contributed by atoms with Gasteiger partial charge in [-0.3, -0.25) is 0 Å². The monoisotopic (exact) mass is 308 g/mol. The summed E-state index contributed by atoms with van der Waals surface area (Å²) in [7, 11) is 0. The lowest BCUT2D eigenvalue weighted by Gasteiger charge is -2.52. The van der Waals surface area contributed by atoms with Gasteiger partial charge in [0.15, 0.2) is 0 Å². The highest BCUT2D eigenvalue weighted by Crippen LogP contribution is 2.34. The number of aromatic nitrogens is 1. The first-order valence-corrected chi connectivity index (χ1v) is 8.63. The number of nitrogens with one attached hydrogen (secondary N) is 2. The molecule has 2 fully saturated rings. The predicted octanol–water partition coefficient (Wildman–Crippen LogP) is 3.54. The molecule has 1 aliphatic carbocycles. The molecule has 23 heavy (non-hydrogen) atoms. The van der Waals surface area contributed by atoms with E-state index in [1.807, 2.05) is 6.07 Å². The number of hydrogen-bond donors (Lipinski definition) is 2. The van der Waals surface area contributed by atoms with E-state index in [2.05, 4.69) is 53.3 Å². The maximum atomic E-state index is 9.08. The fourth-order valence-electron chi connectivity index (χ4n) is 4.39. The van der Waals surface area contributed by atoms with Crippen molar-refractivity contribution in [1.29, 1.82) is 5.26 Å². The van der Waals surface area contributed by atoms with Gasteiger partial charge in [0.25, 0.3) is 0 Å². The van der Waals surface area contributed by atoms with Crippen LogP contribution in [0.2, 0.25) is 0 Å². The van der Waals surface area contributed by atoms with Gasteiger partial charge in [-0.1, -0.05) is 12.8 Å². The number of fused-ring (bicyclic) bond motifs is 2. The van der Waals surface area contributed by atoms with Crippen molar-refractivity contribution in [2.45, 2.75) is 57.2 Å². The van der Waals surface area contributed by atoms with Crippen LogP contribution in [0.1, 0.15) is 45.2 Å². The van der Waals surface area contributed by atoms with Gasteiger partial charge in [-0.15, -0.1) is 0 Å². The van der Waals surface area contributed by atoms with E-state index in [-0.39, 0.29) is 5.54 Å². The largest absolute Gasteiger partial charge is 0.365 e. The first kappa shape index (κ1) is 14.6. The standard InChI is InChI=1S/C19H24N4/c1-19(2)12-23(18-6-4-3-5-17(18)22-19)15-7-8-16-13(10-15)9-14(11-20)21-16/h7-10,17-18,21-22H,3-6,12H2,1-2H3. The third-order valence-corrected chi connectivity index (χ3v) is 5.33. The van der Waals surface area contributed by atoms with E-state index >= 15 is 0 Å². The molecule has 120 valence electrons. The third kappa shape index (κ3) is 2.60. The molecule has 0 amide bonds. The van der Waals surface area contributed by atoms with Gasteiger partial charge in [-0.25, -0.2) is 0 Å². The molecule has 1 aliphatic heterocycles. The number of piperazine rings is 1. The molecule has 2 N–H and O–H groups in total. The van der Waals surface area contributed by atoms with Crippen LogP contribution in [0.25, 0.3) is 10.9 Å². The lowest BCUT2D eigenvalue weighted by molar-refractivity contribution is 0.199. The van der Waals surface area contributed by atoms with Crippen LogP contribution in [0.3, 0.4) is 0 Å². The number of nitriles is 1. The molecule has 2 aromatic rings. The second-order valence-electron chi connectivity index (χ2n) is 7.68. The minimum Gasteiger partial charge on any atom is -0.365 e. The second-order valence-corrected chi connectivity index (χ2v) is 7.68. The fourth-order valence-corrected chi connectivity index (χ4v) is 4.39. The fraction of sp³-hybridized carbons (Fsp3) is 0.526. The summed E-state index contributed by atoms with van der Waals surface area (Å²) in [5.74, 6) is 0. The molecule has 0 radical (unpaired) electrons. The highest BCUT2D eigenvalue weighted by atomic mass is 15.3. The highest BCUT2D eigenvalue weighted by molar-refractivity contribution is 5.85. The summed E-state index contributed by atoms with van der Waals surface area (Å²) in [5, 5.41) is 14.1. The molecule has 2 atom stereocenters. The average Bonchev–Trinajstić information content (AvgIpc) is 2.95. The van der Waals surface area contributed by atoms with E-state index in [1.54, 1.807) is 0 Å². The van der Waals surface area contributed by atoms with Gasteiger partial charge in [0.1, 0.15) is 11.8 Å². The molecule has 2 unspecified atom stereocenters. The van der Waals surface area contributed by atoms with Crippen LogP contribution in [0.5, 0.6) is 0 Å². The zero-order chi connectivity index (χ0) is 16.0. The van der Waals surface area contributed by atoms with Gasteiger partial charge in [0.2, 0.25) is 0 Å². The van der Waals surface area contributed by atoms with Gasteiger partial charge >= 0.3 is 0 Å². The van der Waals surface area contributed by atoms with Crippen molar-refractivity contribution in [1.82, 2.24) is 10.3 Å². The highest BCUT2D eigenvalue weighted by Gasteiger charge is 2.40. The molecule has 4 nitrogen and oxygen atoms in total. The molecule has 1 aromatic carbocycles. The third-order valence-electron chi connectivity index (χ3n) is 5.33. The maximum Gasteiger partial charge on any atom is 0.118 e. The first-order chi connectivity index (χ1) is 11.1. The van der Waals surface area contributed by atoms with Crippen LogP contribution in [0.4, 0.5) is 5.69 Å². The summed E-state index contributed by atoms with van der Waals surface area (Å²) in [5.41, 5.74) is 3.09. The Kier molecular flexibility index (Phi) is 3.35. The molecule has 4 heteroatoms. The van der Waals surface area contributed by atoms with Gasteiger partial charge in [-0.2, -0.15) is 5.26 Å². The summed E-state index contributed by atoms with van der Waals surface area (Å²) in [6.07, 6.45) is 5.20. The number of hydrogen-bond acceptors (Lipinski definition) is 3. The van der Waals surface area contributed by atoms with E-state index < -0.39 is 0 Å². The molecule has 2 heterocycles. The second kappa shape index (κ2) is 5.28. The van der Waals surface area contributed by atoms with Crippen molar-refractivity contribution in [2.75, 3.05) is 11.4 Å². The Labute approximate surface area is 137 Å². The van der Waals surface area contributed by atoms with E-state index in [0.29, 0.717) is 17.8 Å². The number of H-pyrrole nitrogens is 1. The summed E-state index contributed by atoms with van der Waals surface area (Å²) in [4.78, 5) is 5.75. The van der Waals surface area contributed by atoms with Crippen LogP contribution in [0.15, 0.2) is 24.3 Å². The van der Waals surface area contributed by atoms with Crippen molar-refractivity contribution in [3.63, 3.8) is 0 Å². The van der Waals surface area contributed by atoms with Gasteiger partial charge in [0, 0.05) is 40.8 Å². The number of nitrogens with zero attached hydrogens (tertiary/aromatic N) is 2. The Balaban J connectivity index is 1.73. The zero-order valence-electron chi connectivity index (χ0n) is 13.9. The molecular formula is C19H24N4.